The second-order valence-corrected chi connectivity index (χ2v) is 9.57. The first kappa shape index (κ1) is 15.0. The molecule has 0 aromatic rings. The maximum Gasteiger partial charge on any atom is 0.312 e. The van der Waals surface area contributed by atoms with Gasteiger partial charge in [-0.2, -0.15) is 0 Å². The maximum atomic E-state index is 12.7. The summed E-state index contributed by atoms with van der Waals surface area (Å²) in [6, 6.07) is 0. The number of fused-ring (bicyclic) bond motifs is 1. The highest BCUT2D eigenvalue weighted by Crippen LogP contribution is 2.70. The van der Waals surface area contributed by atoms with Gasteiger partial charge in [0.1, 0.15) is 5.60 Å². The summed E-state index contributed by atoms with van der Waals surface area (Å²) in [5, 5.41) is 0. The number of hydrogen-bond acceptors (Lipinski definition) is 2. The second kappa shape index (κ2) is 4.51. The van der Waals surface area contributed by atoms with Gasteiger partial charge >= 0.3 is 5.97 Å². The Balaban J connectivity index is 1.72. The van der Waals surface area contributed by atoms with Crippen LogP contribution in [0.4, 0.5) is 0 Å². The molecule has 1 heterocycles. The van der Waals surface area contributed by atoms with E-state index in [1.807, 2.05) is 0 Å². The van der Waals surface area contributed by atoms with Crippen LogP contribution < -0.4 is 0 Å². The van der Waals surface area contributed by atoms with Crippen molar-refractivity contribution in [2.24, 2.45) is 34.5 Å². The van der Waals surface area contributed by atoms with Crippen molar-refractivity contribution in [1.29, 1.82) is 0 Å². The molecular formula is C20H32O2. The molecule has 0 amide bonds. The molecule has 2 heteroatoms. The first-order valence-electron chi connectivity index (χ1n) is 9.57. The second-order valence-electron chi connectivity index (χ2n) is 9.57. The molecule has 124 valence electrons. The quantitative estimate of drug-likeness (QED) is 0.640. The standard InChI is InChI=1S/C20H32O2/c1-13(2)14-8-11-19(4)15(12-14)6-7-16-18(3)9-5-10-20(16,19)22-17(18)21/h13-16H,5-12H2,1-4H3/t14-,15-,16-,18-,19-,20+/m1/s1. The van der Waals surface area contributed by atoms with Crippen molar-refractivity contribution in [1.82, 2.24) is 0 Å². The smallest absolute Gasteiger partial charge is 0.312 e. The first-order chi connectivity index (χ1) is 10.3. The number of hydrogen-bond donors (Lipinski definition) is 0. The molecule has 3 saturated carbocycles. The van der Waals surface area contributed by atoms with E-state index in [0.717, 1.165) is 30.6 Å². The van der Waals surface area contributed by atoms with Crippen LogP contribution in [0.3, 0.4) is 0 Å². The molecule has 3 aliphatic carbocycles. The minimum Gasteiger partial charge on any atom is -0.458 e. The van der Waals surface area contributed by atoms with Gasteiger partial charge in [0, 0.05) is 11.3 Å². The van der Waals surface area contributed by atoms with Gasteiger partial charge in [-0.15, -0.1) is 0 Å². The zero-order chi connectivity index (χ0) is 15.8. The van der Waals surface area contributed by atoms with Crippen LogP contribution in [0.2, 0.25) is 0 Å². The van der Waals surface area contributed by atoms with Crippen molar-refractivity contribution in [2.45, 2.75) is 84.7 Å². The van der Waals surface area contributed by atoms with Gasteiger partial charge in [0.15, 0.2) is 0 Å². The molecule has 4 aliphatic rings. The summed E-state index contributed by atoms with van der Waals surface area (Å²) in [4.78, 5) is 12.7. The molecule has 0 radical (unpaired) electrons. The number of carbonyl (C=O) groups is 1. The lowest BCUT2D eigenvalue weighted by Crippen LogP contribution is -2.62. The lowest BCUT2D eigenvalue weighted by atomic mass is 9.43. The molecular weight excluding hydrogens is 272 g/mol. The fraction of sp³-hybridized carbons (Fsp3) is 0.950. The molecule has 1 saturated heterocycles. The highest BCUT2D eigenvalue weighted by atomic mass is 16.6. The van der Waals surface area contributed by atoms with Crippen LogP contribution in [0.1, 0.15) is 79.1 Å². The number of carbonyl (C=O) groups excluding carboxylic acids is 1. The van der Waals surface area contributed by atoms with Gasteiger partial charge in [-0.1, -0.05) is 20.8 Å². The number of esters is 1. The van der Waals surface area contributed by atoms with Crippen LogP contribution in [0.5, 0.6) is 0 Å². The van der Waals surface area contributed by atoms with E-state index in [4.69, 9.17) is 4.74 Å². The van der Waals surface area contributed by atoms with Crippen LogP contribution >= 0.6 is 0 Å². The zero-order valence-corrected chi connectivity index (χ0v) is 14.8. The molecule has 0 spiro atoms. The Bertz CT molecular complexity index is 498. The predicted molar refractivity (Wildman–Crippen MR) is 87.3 cm³/mol. The summed E-state index contributed by atoms with van der Waals surface area (Å²) in [5.41, 5.74) is -0.0712. The summed E-state index contributed by atoms with van der Waals surface area (Å²) >= 11 is 0. The van der Waals surface area contributed by atoms with Crippen LogP contribution in [-0.4, -0.2) is 11.6 Å². The lowest BCUT2D eigenvalue weighted by Gasteiger charge is -2.61. The van der Waals surface area contributed by atoms with Gasteiger partial charge in [-0.05, 0) is 76.0 Å². The first-order valence-corrected chi connectivity index (χ1v) is 9.57. The molecule has 0 unspecified atom stereocenters. The fourth-order valence-electron chi connectivity index (χ4n) is 6.98. The van der Waals surface area contributed by atoms with Crippen molar-refractivity contribution in [3.8, 4) is 0 Å². The Morgan fingerprint density at radius 1 is 1.09 bits per heavy atom. The van der Waals surface area contributed by atoms with E-state index in [1.54, 1.807) is 0 Å². The van der Waals surface area contributed by atoms with E-state index in [9.17, 15) is 4.79 Å². The summed E-state index contributed by atoms with van der Waals surface area (Å²) in [6.07, 6.45) is 9.83. The molecule has 6 atom stereocenters. The third-order valence-electron chi connectivity index (χ3n) is 8.55. The van der Waals surface area contributed by atoms with Crippen molar-refractivity contribution in [3.63, 3.8) is 0 Å². The van der Waals surface area contributed by atoms with Gasteiger partial charge in [0.05, 0.1) is 5.41 Å². The highest BCUT2D eigenvalue weighted by Gasteiger charge is 2.73. The number of ether oxygens (including phenoxy) is 1. The molecule has 0 aromatic carbocycles. The Kier molecular flexibility index (Phi) is 3.08. The SMILES string of the molecule is CC(C)[C@@H]1CC[C@]2(C)[C@H](CC[C@@H]3[C@@]4(C)CCC[C@]32OC4=O)C1. The van der Waals surface area contributed by atoms with E-state index in [-0.39, 0.29) is 22.4 Å². The van der Waals surface area contributed by atoms with Gasteiger partial charge in [-0.25, -0.2) is 0 Å². The average molecular weight is 304 g/mol. The zero-order valence-electron chi connectivity index (χ0n) is 14.8. The Morgan fingerprint density at radius 3 is 2.59 bits per heavy atom. The van der Waals surface area contributed by atoms with Crippen molar-refractivity contribution >= 4 is 5.97 Å². The van der Waals surface area contributed by atoms with E-state index >= 15 is 0 Å². The van der Waals surface area contributed by atoms with Crippen LogP contribution in [-0.2, 0) is 9.53 Å². The van der Waals surface area contributed by atoms with Crippen LogP contribution in [0, 0.1) is 34.5 Å². The fourth-order valence-corrected chi connectivity index (χ4v) is 6.98. The maximum absolute atomic E-state index is 12.7. The van der Waals surface area contributed by atoms with Gasteiger partial charge in [0.25, 0.3) is 0 Å². The lowest BCUT2D eigenvalue weighted by molar-refractivity contribution is -0.201. The van der Waals surface area contributed by atoms with E-state index in [0.29, 0.717) is 5.92 Å². The van der Waals surface area contributed by atoms with Gasteiger partial charge in [0.2, 0.25) is 0 Å². The van der Waals surface area contributed by atoms with Crippen LogP contribution in [0.25, 0.3) is 0 Å². The normalized spacial score (nSPS) is 53.9. The Labute approximate surface area is 135 Å². The predicted octanol–water partition coefficient (Wildman–Crippen LogP) is 4.96. The third kappa shape index (κ3) is 1.60. The van der Waals surface area contributed by atoms with Crippen molar-refractivity contribution in [3.05, 3.63) is 0 Å². The van der Waals surface area contributed by atoms with E-state index in [2.05, 4.69) is 27.7 Å². The average Bonchev–Trinajstić information content (AvgIpc) is 2.59. The van der Waals surface area contributed by atoms with E-state index in [1.165, 1.54) is 38.5 Å². The molecule has 22 heavy (non-hydrogen) atoms. The van der Waals surface area contributed by atoms with Crippen LogP contribution in [0.15, 0.2) is 0 Å². The topological polar surface area (TPSA) is 26.3 Å². The molecule has 0 aromatic heterocycles. The summed E-state index contributed by atoms with van der Waals surface area (Å²) < 4.78 is 6.31. The minimum atomic E-state index is -0.179. The molecule has 2 nitrogen and oxygen atoms in total. The highest BCUT2D eigenvalue weighted by molar-refractivity contribution is 5.81. The monoisotopic (exact) mass is 304 g/mol. The Morgan fingerprint density at radius 2 is 1.86 bits per heavy atom. The molecule has 0 N–H and O–H groups in total. The largest absolute Gasteiger partial charge is 0.458 e. The summed E-state index contributed by atoms with van der Waals surface area (Å²) in [6.45, 7) is 9.43. The molecule has 2 bridgehead atoms. The molecule has 4 fully saturated rings. The van der Waals surface area contributed by atoms with E-state index < -0.39 is 0 Å². The molecule has 1 aliphatic heterocycles. The third-order valence-corrected chi connectivity index (χ3v) is 8.55. The Hall–Kier alpha value is -0.530. The summed E-state index contributed by atoms with van der Waals surface area (Å²) in [5.74, 6) is 3.04. The number of rotatable bonds is 1. The molecule has 4 rings (SSSR count). The van der Waals surface area contributed by atoms with Gasteiger partial charge in [-0.3, -0.25) is 4.79 Å². The van der Waals surface area contributed by atoms with Crippen molar-refractivity contribution < 1.29 is 9.53 Å². The summed E-state index contributed by atoms with van der Waals surface area (Å²) in [7, 11) is 0. The van der Waals surface area contributed by atoms with Gasteiger partial charge < -0.3 is 4.74 Å². The minimum absolute atomic E-state index is 0.123. The van der Waals surface area contributed by atoms with Crippen molar-refractivity contribution in [2.75, 3.05) is 0 Å².